The zero-order valence-corrected chi connectivity index (χ0v) is 9.94. The molecule has 0 saturated carbocycles. The highest BCUT2D eigenvalue weighted by atomic mass is 15.3. The first-order valence-corrected chi connectivity index (χ1v) is 5.48. The lowest BCUT2D eigenvalue weighted by molar-refractivity contribution is 0.532. The van der Waals surface area contributed by atoms with E-state index in [0.29, 0.717) is 6.04 Å². The molecule has 0 radical (unpaired) electrons. The topological polar surface area (TPSA) is 43.8 Å². The van der Waals surface area contributed by atoms with Gasteiger partial charge in [0, 0.05) is 23.5 Å². The molecule has 0 unspecified atom stereocenters. The predicted octanol–water partition coefficient (Wildman–Crippen LogP) is 3.02. The summed E-state index contributed by atoms with van der Waals surface area (Å²) in [5, 5.41) is 4.32. The van der Waals surface area contributed by atoms with Gasteiger partial charge in [0.1, 0.15) is 0 Å². The fourth-order valence-electron chi connectivity index (χ4n) is 1.59. The minimum absolute atomic E-state index is 0.386. The molecule has 0 spiro atoms. The van der Waals surface area contributed by atoms with E-state index in [1.165, 1.54) is 0 Å². The summed E-state index contributed by atoms with van der Waals surface area (Å²) in [6.07, 6.45) is 3.93. The molecule has 0 atom stereocenters. The average Bonchev–Trinajstić information content (AvgIpc) is 2.71. The van der Waals surface area contributed by atoms with Crippen molar-refractivity contribution in [1.82, 2.24) is 9.78 Å². The molecule has 2 rings (SSSR count). The molecule has 1 heterocycles. The zero-order chi connectivity index (χ0) is 11.7. The standard InChI is InChI=1S/C13H17N3/c1-9(2)16-8-12(7-15-16)11-5-4-10(3)13(14)6-11/h4-9H,14H2,1-3H3. The maximum atomic E-state index is 5.90. The Balaban J connectivity index is 2.39. The molecule has 3 nitrogen and oxygen atoms in total. The van der Waals surface area contributed by atoms with Gasteiger partial charge in [-0.3, -0.25) is 4.68 Å². The average molecular weight is 215 g/mol. The van der Waals surface area contributed by atoms with Gasteiger partial charge >= 0.3 is 0 Å². The van der Waals surface area contributed by atoms with Gasteiger partial charge < -0.3 is 5.73 Å². The Kier molecular flexibility index (Phi) is 2.69. The van der Waals surface area contributed by atoms with Crippen molar-refractivity contribution in [3.05, 3.63) is 36.2 Å². The minimum atomic E-state index is 0.386. The van der Waals surface area contributed by atoms with Crippen LogP contribution in [-0.4, -0.2) is 9.78 Å². The maximum Gasteiger partial charge on any atom is 0.0568 e. The van der Waals surface area contributed by atoms with Crippen LogP contribution < -0.4 is 5.73 Å². The Bertz CT molecular complexity index is 498. The van der Waals surface area contributed by atoms with Crippen molar-refractivity contribution in [2.45, 2.75) is 26.8 Å². The quantitative estimate of drug-likeness (QED) is 0.782. The van der Waals surface area contributed by atoms with Crippen molar-refractivity contribution >= 4 is 5.69 Å². The van der Waals surface area contributed by atoms with Crippen molar-refractivity contribution in [2.24, 2.45) is 0 Å². The molecule has 1 aromatic heterocycles. The highest BCUT2D eigenvalue weighted by Gasteiger charge is 2.05. The number of nitrogens with zero attached hydrogens (tertiary/aromatic N) is 2. The summed E-state index contributed by atoms with van der Waals surface area (Å²) in [5.74, 6) is 0. The molecule has 84 valence electrons. The summed E-state index contributed by atoms with van der Waals surface area (Å²) in [7, 11) is 0. The molecule has 0 bridgehead atoms. The number of hydrogen-bond acceptors (Lipinski definition) is 2. The number of anilines is 1. The molecule has 2 N–H and O–H groups in total. The molecule has 0 amide bonds. The first kappa shape index (κ1) is 10.7. The summed E-state index contributed by atoms with van der Waals surface area (Å²) in [4.78, 5) is 0. The van der Waals surface area contributed by atoms with Crippen molar-refractivity contribution < 1.29 is 0 Å². The third-order valence-corrected chi connectivity index (χ3v) is 2.74. The number of aryl methyl sites for hydroxylation is 1. The van der Waals surface area contributed by atoms with E-state index in [1.807, 2.05) is 29.9 Å². The Hall–Kier alpha value is -1.77. The summed E-state index contributed by atoms with van der Waals surface area (Å²) < 4.78 is 1.95. The Morgan fingerprint density at radius 3 is 2.56 bits per heavy atom. The molecule has 0 aliphatic rings. The van der Waals surface area contributed by atoms with Crippen molar-refractivity contribution in [2.75, 3.05) is 5.73 Å². The van der Waals surface area contributed by atoms with E-state index in [9.17, 15) is 0 Å². The second kappa shape index (κ2) is 4.00. The number of nitrogens with two attached hydrogens (primary N) is 1. The first-order chi connectivity index (χ1) is 7.58. The predicted molar refractivity (Wildman–Crippen MR) is 67.2 cm³/mol. The van der Waals surface area contributed by atoms with Crippen LogP contribution in [0.25, 0.3) is 11.1 Å². The fourth-order valence-corrected chi connectivity index (χ4v) is 1.59. The van der Waals surface area contributed by atoms with Crippen LogP contribution in [0.2, 0.25) is 0 Å². The van der Waals surface area contributed by atoms with Gasteiger partial charge in [-0.25, -0.2) is 0 Å². The molecule has 0 fully saturated rings. The minimum Gasteiger partial charge on any atom is -0.398 e. The summed E-state index contributed by atoms with van der Waals surface area (Å²) in [5.41, 5.74) is 10.1. The first-order valence-electron chi connectivity index (χ1n) is 5.48. The van der Waals surface area contributed by atoms with Crippen LogP contribution in [0.4, 0.5) is 5.69 Å². The third kappa shape index (κ3) is 1.94. The Morgan fingerprint density at radius 1 is 1.25 bits per heavy atom. The molecular formula is C13H17N3. The Labute approximate surface area is 95.9 Å². The van der Waals surface area contributed by atoms with Crippen LogP contribution in [0.15, 0.2) is 30.6 Å². The summed E-state index contributed by atoms with van der Waals surface area (Å²) in [6.45, 7) is 6.23. The largest absolute Gasteiger partial charge is 0.398 e. The SMILES string of the molecule is Cc1ccc(-c2cnn(C(C)C)c2)cc1N. The van der Waals surface area contributed by atoms with Crippen LogP contribution in [-0.2, 0) is 0 Å². The normalized spacial score (nSPS) is 11.0. The van der Waals surface area contributed by atoms with Gasteiger partial charge in [-0.05, 0) is 38.0 Å². The molecule has 2 aromatic rings. The van der Waals surface area contributed by atoms with E-state index >= 15 is 0 Å². The third-order valence-electron chi connectivity index (χ3n) is 2.74. The number of aromatic nitrogens is 2. The lowest BCUT2D eigenvalue weighted by Gasteiger charge is -2.04. The number of hydrogen-bond donors (Lipinski definition) is 1. The second-order valence-electron chi connectivity index (χ2n) is 4.37. The van der Waals surface area contributed by atoms with Crippen LogP contribution in [0.5, 0.6) is 0 Å². The van der Waals surface area contributed by atoms with E-state index in [0.717, 1.165) is 22.4 Å². The van der Waals surface area contributed by atoms with Crippen LogP contribution >= 0.6 is 0 Å². The highest BCUT2D eigenvalue weighted by molar-refractivity contribution is 5.67. The van der Waals surface area contributed by atoms with Crippen LogP contribution in [0, 0.1) is 6.92 Å². The van der Waals surface area contributed by atoms with Crippen molar-refractivity contribution in [3.8, 4) is 11.1 Å². The van der Waals surface area contributed by atoms with Gasteiger partial charge in [0.2, 0.25) is 0 Å². The van der Waals surface area contributed by atoms with Crippen LogP contribution in [0.3, 0.4) is 0 Å². The van der Waals surface area contributed by atoms with E-state index in [1.54, 1.807) is 0 Å². The van der Waals surface area contributed by atoms with Crippen molar-refractivity contribution in [3.63, 3.8) is 0 Å². The van der Waals surface area contributed by atoms with Gasteiger partial charge in [0.25, 0.3) is 0 Å². The van der Waals surface area contributed by atoms with Gasteiger partial charge in [-0.15, -0.1) is 0 Å². The fraction of sp³-hybridized carbons (Fsp3) is 0.308. The molecule has 1 aromatic carbocycles. The molecule has 0 saturated heterocycles. The van der Waals surface area contributed by atoms with Crippen LogP contribution in [0.1, 0.15) is 25.5 Å². The van der Waals surface area contributed by atoms with Gasteiger partial charge in [0.15, 0.2) is 0 Å². The van der Waals surface area contributed by atoms with Gasteiger partial charge in [0.05, 0.1) is 6.20 Å². The molecule has 16 heavy (non-hydrogen) atoms. The van der Waals surface area contributed by atoms with E-state index in [-0.39, 0.29) is 0 Å². The number of rotatable bonds is 2. The van der Waals surface area contributed by atoms with E-state index in [4.69, 9.17) is 5.73 Å². The van der Waals surface area contributed by atoms with E-state index in [2.05, 4.69) is 31.2 Å². The molecule has 0 aliphatic heterocycles. The molecular weight excluding hydrogens is 198 g/mol. The molecule has 3 heteroatoms. The van der Waals surface area contributed by atoms with Gasteiger partial charge in [-0.1, -0.05) is 12.1 Å². The summed E-state index contributed by atoms with van der Waals surface area (Å²) in [6, 6.07) is 6.50. The smallest absolute Gasteiger partial charge is 0.0568 e. The summed E-state index contributed by atoms with van der Waals surface area (Å²) >= 11 is 0. The Morgan fingerprint density at radius 2 is 2.00 bits per heavy atom. The zero-order valence-electron chi connectivity index (χ0n) is 9.94. The van der Waals surface area contributed by atoms with E-state index < -0.39 is 0 Å². The monoisotopic (exact) mass is 215 g/mol. The lowest BCUT2D eigenvalue weighted by Crippen LogP contribution is -1.99. The van der Waals surface area contributed by atoms with Crippen molar-refractivity contribution in [1.29, 1.82) is 0 Å². The lowest BCUT2D eigenvalue weighted by atomic mass is 10.1. The number of benzene rings is 1. The van der Waals surface area contributed by atoms with Gasteiger partial charge in [-0.2, -0.15) is 5.10 Å². The number of nitrogen functional groups attached to an aromatic ring is 1. The maximum absolute atomic E-state index is 5.90. The molecule has 0 aliphatic carbocycles. The second-order valence-corrected chi connectivity index (χ2v) is 4.37. The highest BCUT2D eigenvalue weighted by Crippen LogP contribution is 2.23.